The van der Waals surface area contributed by atoms with E-state index in [4.69, 9.17) is 18.9 Å². The molecule has 0 radical (unpaired) electrons. The average molecular weight is 1130 g/mol. The standard InChI is InChI=1S/C70H58N12O4/c1-39-55(27-71)67(56(28-72)40(2)79-39)51-17-9-13-21-63(51)83-35-47-25-49(37-85-65-23-15-11-19-53(65)69-59(31-75)43(5)81-44(6)60(69)32-76)50(38-86-66-24-16-12-20-54(66)70-61(33-77)45(7)82-46(8)62(70)34-78)26-48(47)36-84-64-22-14-10-18-52(64)68-57(29-73)41(3)80-42(4)58(68)30-74/h9-26,67-70,79-82H,35-38H2,1-8H3. The Hall–Kier alpha value is -11.7. The van der Waals surface area contributed by atoms with Crippen LogP contribution in [0.4, 0.5) is 0 Å². The molecule has 4 heterocycles. The van der Waals surface area contributed by atoms with Crippen LogP contribution in [0, 0.1) is 90.6 Å². The zero-order valence-electron chi connectivity index (χ0n) is 48.7. The second kappa shape index (κ2) is 25.6. The van der Waals surface area contributed by atoms with E-state index in [1.165, 1.54) is 0 Å². The quantitative estimate of drug-likeness (QED) is 0.0715. The van der Waals surface area contributed by atoms with Crippen LogP contribution in [-0.2, 0) is 26.4 Å². The number of nitriles is 8. The maximum absolute atomic E-state index is 10.5. The number of hydrogen-bond acceptors (Lipinski definition) is 16. The van der Waals surface area contributed by atoms with E-state index < -0.39 is 23.7 Å². The van der Waals surface area contributed by atoms with Crippen LogP contribution in [0.25, 0.3) is 0 Å². The number of allylic oxidation sites excluding steroid dienone is 16. The lowest BCUT2D eigenvalue weighted by atomic mass is 9.81. The van der Waals surface area contributed by atoms with Gasteiger partial charge in [0, 0.05) is 67.8 Å². The van der Waals surface area contributed by atoms with Crippen molar-refractivity contribution in [2.24, 2.45) is 0 Å². The number of ether oxygens (including phenoxy) is 4. The number of rotatable bonds is 16. The number of benzene rings is 5. The molecule has 4 aliphatic rings. The Morgan fingerprint density at radius 3 is 0.605 bits per heavy atom. The molecule has 0 atom stereocenters. The van der Waals surface area contributed by atoms with Crippen LogP contribution >= 0.6 is 0 Å². The van der Waals surface area contributed by atoms with Crippen LogP contribution in [-0.4, -0.2) is 0 Å². The molecule has 0 saturated heterocycles. The van der Waals surface area contributed by atoms with E-state index >= 15 is 0 Å². The van der Waals surface area contributed by atoms with Gasteiger partial charge in [-0.15, -0.1) is 0 Å². The Bertz CT molecular complexity index is 3610. The van der Waals surface area contributed by atoms with Crippen molar-refractivity contribution in [2.45, 2.75) is 105 Å². The van der Waals surface area contributed by atoms with E-state index in [0.29, 0.717) is 158 Å². The number of para-hydroxylation sites is 4. The predicted molar refractivity (Wildman–Crippen MR) is 320 cm³/mol. The molecule has 4 aliphatic heterocycles. The summed E-state index contributed by atoms with van der Waals surface area (Å²) in [5, 5.41) is 96.9. The summed E-state index contributed by atoms with van der Waals surface area (Å²) < 4.78 is 27.5. The first-order valence-corrected chi connectivity index (χ1v) is 27.6. The van der Waals surface area contributed by atoms with E-state index in [9.17, 15) is 42.1 Å². The maximum Gasteiger partial charge on any atom is 0.124 e. The predicted octanol–water partition coefficient (Wildman–Crippen LogP) is 13.1. The molecule has 0 fully saturated rings. The molecule has 9 rings (SSSR count). The number of hydrogen-bond donors (Lipinski definition) is 4. The van der Waals surface area contributed by atoms with E-state index in [0.717, 1.165) is 0 Å². The van der Waals surface area contributed by atoms with E-state index in [1.54, 1.807) is 79.7 Å². The van der Waals surface area contributed by atoms with Gasteiger partial charge in [0.25, 0.3) is 0 Å². The summed E-state index contributed by atoms with van der Waals surface area (Å²) in [6.07, 6.45) is 0. The second-order valence-electron chi connectivity index (χ2n) is 21.1. The lowest BCUT2D eigenvalue weighted by Gasteiger charge is -2.28. The van der Waals surface area contributed by atoms with Crippen LogP contribution in [0.2, 0.25) is 0 Å². The van der Waals surface area contributed by atoms with Crippen molar-refractivity contribution in [1.29, 1.82) is 42.1 Å². The first-order chi connectivity index (χ1) is 41.6. The summed E-state index contributed by atoms with van der Waals surface area (Å²) in [7, 11) is 0. The summed E-state index contributed by atoms with van der Waals surface area (Å²) in [5.74, 6) is -1.22. The third kappa shape index (κ3) is 11.3. The van der Waals surface area contributed by atoms with Crippen LogP contribution in [0.15, 0.2) is 199 Å². The highest BCUT2D eigenvalue weighted by molar-refractivity contribution is 5.62. The van der Waals surface area contributed by atoms with Gasteiger partial charge in [-0.1, -0.05) is 72.8 Å². The van der Waals surface area contributed by atoms with Gasteiger partial charge in [-0.05, 0) is 114 Å². The largest absolute Gasteiger partial charge is 0.489 e. The Kier molecular flexibility index (Phi) is 17.6. The van der Waals surface area contributed by atoms with Crippen molar-refractivity contribution in [3.05, 3.63) is 244 Å². The van der Waals surface area contributed by atoms with Crippen LogP contribution < -0.4 is 40.2 Å². The minimum Gasteiger partial charge on any atom is -0.489 e. The van der Waals surface area contributed by atoms with Crippen molar-refractivity contribution in [3.63, 3.8) is 0 Å². The Balaban J connectivity index is 1.20. The SMILES string of the molecule is CC1=C(C#N)C(c2ccccc2OCc2cc(COc3ccccc3C3C(C#N)=C(C)NC(C)=C3C#N)c(COc3ccccc3C3C(C#N)=C(C)NC(C)=C3C#N)cc2COc2ccccc2C2C(C#N)=C(C)NC(C)=C2C#N)C(C#N)=C(C)N1. The van der Waals surface area contributed by atoms with Crippen LogP contribution in [0.5, 0.6) is 23.0 Å². The first kappa shape index (κ1) is 59.0. The molecule has 0 amide bonds. The molecule has 86 heavy (non-hydrogen) atoms. The smallest absolute Gasteiger partial charge is 0.124 e. The molecule has 4 N–H and O–H groups in total. The van der Waals surface area contributed by atoms with Gasteiger partial charge >= 0.3 is 0 Å². The summed E-state index contributed by atoms with van der Waals surface area (Å²) in [6, 6.07) is 51.7. The fraction of sp³-hybridized carbons (Fsp3) is 0.229. The zero-order valence-corrected chi connectivity index (χ0v) is 48.7. The summed E-state index contributed by atoms with van der Waals surface area (Å²) >= 11 is 0. The summed E-state index contributed by atoms with van der Waals surface area (Å²) in [4.78, 5) is 0. The maximum atomic E-state index is 10.5. The molecule has 0 aliphatic carbocycles. The van der Waals surface area contributed by atoms with Crippen molar-refractivity contribution in [3.8, 4) is 71.6 Å². The highest BCUT2D eigenvalue weighted by atomic mass is 16.5. The van der Waals surface area contributed by atoms with E-state index in [1.807, 2.05) is 84.9 Å². The molecule has 0 spiro atoms. The van der Waals surface area contributed by atoms with Gasteiger partial charge in [-0.25, -0.2) is 0 Å². The van der Waals surface area contributed by atoms with E-state index in [-0.39, 0.29) is 26.4 Å². The number of nitrogens with zero attached hydrogens (tertiary/aromatic N) is 8. The Labute approximate surface area is 501 Å². The number of nitrogens with one attached hydrogen (secondary N) is 4. The molecule has 5 aromatic rings. The van der Waals surface area contributed by atoms with Gasteiger partial charge in [-0.2, -0.15) is 42.1 Å². The Morgan fingerprint density at radius 2 is 0.442 bits per heavy atom. The average Bonchev–Trinajstić information content (AvgIpc) is 2.71. The molecule has 5 aromatic carbocycles. The Morgan fingerprint density at radius 1 is 0.279 bits per heavy atom. The molecule has 0 aromatic heterocycles. The molecule has 16 heteroatoms. The van der Waals surface area contributed by atoms with Crippen LogP contribution in [0.3, 0.4) is 0 Å². The molecule has 0 bridgehead atoms. The fourth-order valence-electron chi connectivity index (χ4n) is 11.8. The highest BCUT2D eigenvalue weighted by Gasteiger charge is 2.36. The first-order valence-electron chi connectivity index (χ1n) is 27.6. The monoisotopic (exact) mass is 1130 g/mol. The summed E-state index contributed by atoms with van der Waals surface area (Å²) in [5.41, 5.74) is 13.0. The van der Waals surface area contributed by atoms with Gasteiger partial charge < -0.3 is 40.2 Å². The highest BCUT2D eigenvalue weighted by Crippen LogP contribution is 2.46. The van der Waals surface area contributed by atoms with Gasteiger partial charge in [-0.3, -0.25) is 0 Å². The minimum absolute atomic E-state index is 0.0679. The van der Waals surface area contributed by atoms with Gasteiger partial charge in [0.05, 0.1) is 117 Å². The third-order valence-corrected chi connectivity index (χ3v) is 16.0. The molecule has 0 saturated carbocycles. The normalized spacial score (nSPS) is 15.8. The van der Waals surface area contributed by atoms with Crippen molar-refractivity contribution in [1.82, 2.24) is 21.3 Å². The lowest BCUT2D eigenvalue weighted by molar-refractivity contribution is 0.272. The lowest BCUT2D eigenvalue weighted by Crippen LogP contribution is -2.24. The molecular weight excluding hydrogens is 1070 g/mol. The molecule has 0 unspecified atom stereocenters. The fourth-order valence-corrected chi connectivity index (χ4v) is 11.8. The molecular formula is C70H58N12O4. The topological polar surface area (TPSA) is 275 Å². The summed E-state index contributed by atoms with van der Waals surface area (Å²) in [6.45, 7) is 14.1. The van der Waals surface area contributed by atoms with Gasteiger partial charge in [0.1, 0.15) is 49.4 Å². The second-order valence-corrected chi connectivity index (χ2v) is 21.1. The van der Waals surface area contributed by atoms with Gasteiger partial charge in [0.15, 0.2) is 0 Å². The van der Waals surface area contributed by atoms with Gasteiger partial charge in [0.2, 0.25) is 0 Å². The van der Waals surface area contributed by atoms with Crippen molar-refractivity contribution in [2.75, 3.05) is 0 Å². The minimum atomic E-state index is -0.729. The van der Waals surface area contributed by atoms with Crippen LogP contribution in [0.1, 0.15) is 124 Å². The third-order valence-electron chi connectivity index (χ3n) is 16.0. The molecule has 422 valence electrons. The molecule has 16 nitrogen and oxygen atoms in total. The van der Waals surface area contributed by atoms with Crippen molar-refractivity contribution >= 4 is 0 Å². The van der Waals surface area contributed by atoms with Crippen molar-refractivity contribution < 1.29 is 18.9 Å². The van der Waals surface area contributed by atoms with E-state index in [2.05, 4.69) is 69.8 Å². The number of dihydropyridines is 4. The zero-order chi connectivity index (χ0) is 61.3.